The average molecular weight is 1620 g/mol. The molecule has 0 aromatic carbocycles. The fourth-order valence-electron chi connectivity index (χ4n) is 11.7. The Labute approximate surface area is 688 Å². The van der Waals surface area contributed by atoms with Crippen LogP contribution in [0.4, 0.5) is 0 Å². The molecule has 0 heterocycles. The van der Waals surface area contributed by atoms with Crippen molar-refractivity contribution in [1.82, 2.24) is 0 Å². The fourth-order valence-corrected chi connectivity index (χ4v) is 13.3. The Balaban J connectivity index is 4.49. The van der Waals surface area contributed by atoms with E-state index in [2.05, 4.69) is 191 Å². The van der Waals surface area contributed by atoms with Crippen LogP contribution in [0.5, 0.6) is 0 Å². The highest BCUT2D eigenvalue weighted by molar-refractivity contribution is 7.47. The van der Waals surface area contributed by atoms with Gasteiger partial charge >= 0.3 is 33.6 Å². The van der Waals surface area contributed by atoms with Gasteiger partial charge in [0.1, 0.15) is 25.4 Å². The molecule has 18 heteroatoms. The lowest BCUT2D eigenvalue weighted by atomic mass is 10.0. The van der Waals surface area contributed by atoms with E-state index >= 15 is 0 Å². The molecule has 0 aromatic heterocycles. The maximum atomic E-state index is 13.0. The Morgan fingerprint density at radius 3 is 0.743 bits per heavy atom. The molecule has 646 valence electrons. The van der Waals surface area contributed by atoms with Gasteiger partial charge in [-0.2, -0.15) is 0 Å². The highest BCUT2D eigenvalue weighted by Crippen LogP contribution is 2.45. The van der Waals surface area contributed by atoms with E-state index < -0.39 is 91.5 Å². The van der Waals surface area contributed by atoms with Crippen LogP contribution in [0.15, 0.2) is 170 Å². The van der Waals surface area contributed by atoms with Crippen LogP contribution in [0, 0.1) is 0 Å². The van der Waals surface area contributed by atoms with E-state index in [1.807, 2.05) is 0 Å². The molecule has 0 saturated carbocycles. The van der Waals surface area contributed by atoms with Gasteiger partial charge < -0.3 is 34.2 Å². The molecule has 5 unspecified atom stereocenters. The van der Waals surface area contributed by atoms with E-state index in [4.69, 9.17) is 32.3 Å². The number of hydrogen-bond donors (Lipinski definition) is 4. The summed E-state index contributed by atoms with van der Waals surface area (Å²) in [6.45, 7) is 2.43. The third-order valence-electron chi connectivity index (χ3n) is 18.4. The van der Waals surface area contributed by atoms with Gasteiger partial charge in [0.05, 0.1) is 26.4 Å². The Hall–Kier alpha value is -5.09. The van der Waals surface area contributed by atoms with E-state index in [0.717, 1.165) is 180 Å². The van der Waals surface area contributed by atoms with Crippen LogP contribution in [0.25, 0.3) is 0 Å². The van der Waals surface area contributed by atoms with Crippen molar-refractivity contribution in [2.75, 3.05) is 39.6 Å². The number of hydrogen-bond acceptors (Lipinski definition) is 14. The van der Waals surface area contributed by atoms with Crippen molar-refractivity contribution in [1.29, 1.82) is 0 Å². The van der Waals surface area contributed by atoms with Crippen molar-refractivity contribution in [2.45, 2.75) is 373 Å². The van der Waals surface area contributed by atoms with Crippen LogP contribution in [0.1, 0.15) is 355 Å². The van der Waals surface area contributed by atoms with Crippen LogP contribution in [0.3, 0.4) is 0 Å². The molecule has 0 amide bonds. The number of unbranched alkanes of at least 4 members (excludes halogenated alkanes) is 32. The van der Waals surface area contributed by atoms with E-state index in [1.54, 1.807) is 0 Å². The van der Waals surface area contributed by atoms with Crippen molar-refractivity contribution < 1.29 is 75.8 Å². The highest BCUT2D eigenvalue weighted by Gasteiger charge is 2.29. The first-order chi connectivity index (χ1) is 55.2. The number of rotatable bonds is 83. The second-order valence-corrected chi connectivity index (χ2v) is 32.2. The third kappa shape index (κ3) is 87.6. The van der Waals surface area contributed by atoms with Crippen molar-refractivity contribution in [3.05, 3.63) is 170 Å². The first kappa shape index (κ1) is 108. The number of allylic oxidation sites excluding steroid dienone is 28. The van der Waals surface area contributed by atoms with Gasteiger partial charge in [-0.25, -0.2) is 9.13 Å². The molecule has 4 N–H and O–H groups in total. The highest BCUT2D eigenvalue weighted by atomic mass is 31.2. The SMILES string of the molecule is CC/C=C\C/C=C\C/C=C\C/C=C\C/C=C\C/C=C\CCCCCCCCCCCCCCCCC(=O)OCC(O)COP(=O)(O)OCC(O)COP(=O)(O)OCC(COC(=O)CCCCCCCCCCCC/C=C\C/C=C\C/C=C\C/C=C\C/C=C\C/C=C\CC)OC(=O)CCCCCCC/C=C\C/C=C\CCCCC. The molecular weight excluding hydrogens is 1460 g/mol. The van der Waals surface area contributed by atoms with E-state index in [1.165, 1.54) is 116 Å². The number of aliphatic hydroxyl groups is 2. The molecule has 0 rings (SSSR count). The van der Waals surface area contributed by atoms with Crippen LogP contribution >= 0.6 is 15.6 Å². The largest absolute Gasteiger partial charge is 0.472 e. The molecule has 0 radical (unpaired) electrons. The average Bonchev–Trinajstić information content (AvgIpc) is 0.903. The number of phosphoric ester groups is 2. The Kier molecular flexibility index (Phi) is 82.4. The van der Waals surface area contributed by atoms with Crippen molar-refractivity contribution in [3.63, 3.8) is 0 Å². The third-order valence-corrected chi connectivity index (χ3v) is 20.3. The van der Waals surface area contributed by atoms with Gasteiger partial charge in [0.25, 0.3) is 0 Å². The van der Waals surface area contributed by atoms with Gasteiger partial charge in [0.15, 0.2) is 6.10 Å². The zero-order valence-electron chi connectivity index (χ0n) is 71.0. The molecule has 0 aromatic rings. The molecule has 5 atom stereocenters. The predicted octanol–water partition coefficient (Wildman–Crippen LogP) is 27.1. The molecular formula is C95H160O16P2. The molecule has 113 heavy (non-hydrogen) atoms. The molecule has 0 aliphatic heterocycles. The zero-order chi connectivity index (χ0) is 82.2. The lowest BCUT2D eigenvalue weighted by Gasteiger charge is -2.21. The van der Waals surface area contributed by atoms with Gasteiger partial charge in [-0.05, 0) is 154 Å². The lowest BCUT2D eigenvalue weighted by Crippen LogP contribution is -2.30. The Morgan fingerprint density at radius 1 is 0.257 bits per heavy atom. The van der Waals surface area contributed by atoms with E-state index in [-0.39, 0.29) is 19.3 Å². The standard InChI is InChI=1S/C95H160O16P2/c1-4-7-10-13-16-19-22-25-28-30-32-34-36-38-40-42-43-44-45-47-49-50-52-54-56-58-61-63-66-69-72-75-78-81-93(98)105-84-90(96)85-107-112(101,102)108-86-91(97)87-109-113(103,104)110-89-92(111-95(100)83-80-77-74-71-68-65-60-27-24-21-18-15-12-9-6-3)88-106-94(99)82-79-76-73-70-67-64-62-59-57-55-53-51-48-46-41-39-37-35-33-31-29-26-23-20-17-14-11-8-5-2/h7-8,10-11,16-21,25-29,32-35,38-41,43-44,48,51,60,90-92,96-97H,4-6,9,12-15,22-24,30-31,36-37,42,45-47,49-50,52-59,61-89H2,1-3H3,(H,101,102)(H,103,104)/b10-7-,11-8-,19-16-,20-17-,21-18-,28-25-,29-26-,34-32-,35-33-,40-38-,41-39-,44-43-,51-48-,60-27-. The fraction of sp³-hybridized carbons (Fsp3) is 0.674. The Bertz CT molecular complexity index is 2730. The normalized spacial score (nSPS) is 14.6. The number of phosphoric acid groups is 2. The smallest absolute Gasteiger partial charge is 0.463 e. The summed E-state index contributed by atoms with van der Waals surface area (Å²) in [5.41, 5.74) is 0. The van der Waals surface area contributed by atoms with Gasteiger partial charge in [0.2, 0.25) is 0 Å². The Morgan fingerprint density at radius 2 is 0.469 bits per heavy atom. The minimum atomic E-state index is -4.94. The van der Waals surface area contributed by atoms with Crippen LogP contribution in [0.2, 0.25) is 0 Å². The maximum Gasteiger partial charge on any atom is 0.472 e. The predicted molar refractivity (Wildman–Crippen MR) is 472 cm³/mol. The summed E-state index contributed by atoms with van der Waals surface area (Å²) in [6, 6.07) is 0. The lowest BCUT2D eigenvalue weighted by molar-refractivity contribution is -0.161. The summed E-state index contributed by atoms with van der Waals surface area (Å²) in [5.74, 6) is -1.59. The van der Waals surface area contributed by atoms with Crippen molar-refractivity contribution >= 4 is 33.6 Å². The van der Waals surface area contributed by atoms with Crippen LogP contribution in [-0.2, 0) is 55.8 Å². The zero-order valence-corrected chi connectivity index (χ0v) is 72.8. The summed E-state index contributed by atoms with van der Waals surface area (Å²) < 4.78 is 61.3. The van der Waals surface area contributed by atoms with Gasteiger partial charge in [-0.15, -0.1) is 0 Å². The van der Waals surface area contributed by atoms with Crippen molar-refractivity contribution in [2.24, 2.45) is 0 Å². The minimum Gasteiger partial charge on any atom is -0.463 e. The molecule has 16 nitrogen and oxygen atoms in total. The number of ether oxygens (including phenoxy) is 3. The second kappa shape index (κ2) is 86.3. The summed E-state index contributed by atoms with van der Waals surface area (Å²) in [7, 11) is -9.81. The van der Waals surface area contributed by atoms with E-state index in [9.17, 15) is 43.5 Å². The topological polar surface area (TPSA) is 231 Å². The van der Waals surface area contributed by atoms with Crippen LogP contribution in [-0.4, -0.2) is 95.9 Å². The quantitative estimate of drug-likeness (QED) is 0.0146. The number of carbonyl (C=O) groups is 3. The molecule has 0 aliphatic carbocycles. The minimum absolute atomic E-state index is 0.0842. The maximum absolute atomic E-state index is 13.0. The summed E-state index contributed by atoms with van der Waals surface area (Å²) in [5, 5.41) is 20.7. The number of esters is 3. The molecule has 0 saturated heterocycles. The summed E-state index contributed by atoms with van der Waals surface area (Å²) in [4.78, 5) is 58.9. The number of aliphatic hydroxyl groups excluding tert-OH is 2. The monoisotopic (exact) mass is 1620 g/mol. The van der Waals surface area contributed by atoms with Gasteiger partial charge in [0, 0.05) is 19.3 Å². The molecule has 0 fully saturated rings. The summed E-state index contributed by atoms with van der Waals surface area (Å²) in [6.07, 6.45) is 111. The van der Waals surface area contributed by atoms with E-state index in [0.29, 0.717) is 19.3 Å². The first-order valence-corrected chi connectivity index (χ1v) is 47.4. The molecule has 0 bridgehead atoms. The number of carbonyl (C=O) groups excluding carboxylic acids is 3. The van der Waals surface area contributed by atoms with Gasteiger partial charge in [-0.3, -0.25) is 32.5 Å². The van der Waals surface area contributed by atoms with Crippen molar-refractivity contribution in [3.8, 4) is 0 Å². The summed E-state index contributed by atoms with van der Waals surface area (Å²) >= 11 is 0. The van der Waals surface area contributed by atoms with Gasteiger partial charge in [-0.1, -0.05) is 351 Å². The first-order valence-electron chi connectivity index (χ1n) is 44.4. The molecule has 0 aliphatic rings. The molecule has 0 spiro atoms. The second-order valence-electron chi connectivity index (χ2n) is 29.3. The van der Waals surface area contributed by atoms with Crippen LogP contribution < -0.4 is 0 Å².